The Kier molecular flexibility index (Phi) is 6.00. The van der Waals surface area contributed by atoms with Gasteiger partial charge in [0.2, 0.25) is 5.91 Å². The summed E-state index contributed by atoms with van der Waals surface area (Å²) in [5, 5.41) is 15.2. The molecule has 0 spiro atoms. The number of hydrogen-bond donors (Lipinski definition) is 2. The Labute approximate surface area is 205 Å². The predicted octanol–water partition coefficient (Wildman–Crippen LogP) is 3.53. The number of pyridine rings is 1. The normalized spacial score (nSPS) is 26.9. The standard InChI is InChI=1S/C27H31ClN4O2/c1-26(2)11-15-32(25(26)34)22-9-8-21(19-6-4-3-5-7-19)24(33)27(22,28)20-10-12-30-23(18-20)31-16-13-29-14-17-31/h3-10,12,18,24,29,33H,11,13-17H2,1-2H3. The summed E-state index contributed by atoms with van der Waals surface area (Å²) < 4.78 is 0. The molecule has 2 aliphatic heterocycles. The summed E-state index contributed by atoms with van der Waals surface area (Å²) in [6.07, 6.45) is 5.24. The summed E-state index contributed by atoms with van der Waals surface area (Å²) in [5.74, 6) is 0.860. The Bertz CT molecular complexity index is 1140. The largest absolute Gasteiger partial charge is 0.386 e. The first kappa shape index (κ1) is 23.1. The molecule has 2 aromatic rings. The highest BCUT2D eigenvalue weighted by atomic mass is 35.5. The van der Waals surface area contributed by atoms with Crippen molar-refractivity contribution in [3.8, 4) is 0 Å². The number of nitrogens with zero attached hydrogens (tertiary/aromatic N) is 3. The SMILES string of the molecule is CC1(C)CCN(C2=CC=C(c3ccccc3)C(O)C2(Cl)c2ccnc(N3CCNCC3)c2)C1=O. The van der Waals surface area contributed by atoms with E-state index in [1.165, 1.54) is 0 Å². The Hall–Kier alpha value is -2.67. The highest BCUT2D eigenvalue weighted by molar-refractivity contribution is 6.28. The van der Waals surface area contributed by atoms with Crippen molar-refractivity contribution in [1.29, 1.82) is 0 Å². The molecule has 2 unspecified atom stereocenters. The summed E-state index contributed by atoms with van der Waals surface area (Å²) in [6.45, 7) is 7.99. The zero-order valence-electron chi connectivity index (χ0n) is 19.7. The van der Waals surface area contributed by atoms with Crippen LogP contribution in [0.5, 0.6) is 0 Å². The lowest BCUT2D eigenvalue weighted by molar-refractivity contribution is -0.133. The van der Waals surface area contributed by atoms with Gasteiger partial charge >= 0.3 is 0 Å². The van der Waals surface area contributed by atoms with Crippen molar-refractivity contribution in [3.63, 3.8) is 0 Å². The number of aromatic nitrogens is 1. The van der Waals surface area contributed by atoms with E-state index in [-0.39, 0.29) is 5.91 Å². The molecule has 178 valence electrons. The lowest BCUT2D eigenvalue weighted by Gasteiger charge is -2.42. The van der Waals surface area contributed by atoms with Crippen LogP contribution in [-0.2, 0) is 9.67 Å². The lowest BCUT2D eigenvalue weighted by atomic mass is 9.79. The second-order valence-electron chi connectivity index (χ2n) is 9.88. The molecule has 7 heteroatoms. The second-order valence-corrected chi connectivity index (χ2v) is 10.5. The molecule has 0 bridgehead atoms. The minimum absolute atomic E-state index is 0.0314. The molecule has 3 aliphatic rings. The van der Waals surface area contributed by atoms with Gasteiger partial charge in [0.25, 0.3) is 0 Å². The maximum atomic E-state index is 13.3. The number of allylic oxidation sites excluding steroid dienone is 2. The molecule has 1 amide bonds. The Balaban J connectivity index is 1.62. The molecule has 2 N–H and O–H groups in total. The number of aliphatic hydroxyl groups excluding tert-OH is 1. The monoisotopic (exact) mass is 478 g/mol. The van der Waals surface area contributed by atoms with Crippen molar-refractivity contribution in [2.24, 2.45) is 5.41 Å². The van der Waals surface area contributed by atoms with Crippen molar-refractivity contribution in [3.05, 3.63) is 77.6 Å². The maximum Gasteiger partial charge on any atom is 0.232 e. The van der Waals surface area contributed by atoms with Gasteiger partial charge in [0, 0.05) is 50.0 Å². The third-order valence-electron chi connectivity index (χ3n) is 7.25. The third kappa shape index (κ3) is 3.84. The van der Waals surface area contributed by atoms with E-state index in [0.717, 1.165) is 55.1 Å². The van der Waals surface area contributed by atoms with Crippen LogP contribution in [0.25, 0.3) is 5.57 Å². The van der Waals surface area contributed by atoms with Crippen LogP contribution in [-0.4, -0.2) is 59.7 Å². The van der Waals surface area contributed by atoms with Gasteiger partial charge in [0.15, 0.2) is 0 Å². The van der Waals surface area contributed by atoms with Crippen molar-refractivity contribution < 1.29 is 9.90 Å². The Morgan fingerprint density at radius 3 is 2.50 bits per heavy atom. The number of likely N-dealkylation sites (tertiary alicyclic amines) is 1. The molecule has 2 fully saturated rings. The van der Waals surface area contributed by atoms with Crippen molar-refractivity contribution in [2.45, 2.75) is 31.2 Å². The van der Waals surface area contributed by atoms with Crippen LogP contribution < -0.4 is 10.2 Å². The van der Waals surface area contributed by atoms with Gasteiger partial charge in [-0.2, -0.15) is 0 Å². The van der Waals surface area contributed by atoms with Crippen LogP contribution in [0, 0.1) is 5.41 Å². The van der Waals surface area contributed by atoms with Gasteiger partial charge in [0.1, 0.15) is 16.8 Å². The molecule has 2 atom stereocenters. The number of benzene rings is 1. The van der Waals surface area contributed by atoms with Gasteiger partial charge < -0.3 is 20.2 Å². The molecule has 1 aromatic carbocycles. The van der Waals surface area contributed by atoms with Gasteiger partial charge in [-0.25, -0.2) is 4.98 Å². The van der Waals surface area contributed by atoms with E-state index in [1.54, 1.807) is 11.1 Å². The molecule has 1 aliphatic carbocycles. The highest BCUT2D eigenvalue weighted by Gasteiger charge is 2.51. The number of carbonyl (C=O) groups excluding carboxylic acids is 1. The quantitative estimate of drug-likeness (QED) is 0.658. The second kappa shape index (κ2) is 8.84. The van der Waals surface area contributed by atoms with Crippen molar-refractivity contribution >= 4 is 28.9 Å². The number of anilines is 1. The first-order valence-corrected chi connectivity index (χ1v) is 12.3. The molecule has 1 aromatic heterocycles. The summed E-state index contributed by atoms with van der Waals surface area (Å²) >= 11 is 7.50. The number of alkyl halides is 1. The fourth-order valence-corrected chi connectivity index (χ4v) is 5.52. The van der Waals surface area contributed by atoms with E-state index in [9.17, 15) is 9.90 Å². The van der Waals surface area contributed by atoms with E-state index in [0.29, 0.717) is 12.2 Å². The molecular formula is C27H31ClN4O2. The Morgan fingerprint density at radius 2 is 1.82 bits per heavy atom. The minimum Gasteiger partial charge on any atom is -0.386 e. The third-order valence-corrected chi connectivity index (χ3v) is 7.87. The minimum atomic E-state index is -1.33. The number of hydrogen-bond acceptors (Lipinski definition) is 5. The fraction of sp³-hybridized carbons (Fsp3) is 0.407. The van der Waals surface area contributed by atoms with Crippen LogP contribution >= 0.6 is 11.6 Å². The average Bonchev–Trinajstić information content (AvgIpc) is 3.14. The number of nitrogens with one attached hydrogen (secondary N) is 1. The smallest absolute Gasteiger partial charge is 0.232 e. The van der Waals surface area contributed by atoms with Gasteiger partial charge in [0.05, 0.1) is 0 Å². The van der Waals surface area contributed by atoms with Crippen LogP contribution in [0.1, 0.15) is 31.4 Å². The van der Waals surface area contributed by atoms with Gasteiger partial charge in [-0.15, -0.1) is 11.6 Å². The van der Waals surface area contributed by atoms with Crippen LogP contribution in [0.2, 0.25) is 0 Å². The zero-order chi connectivity index (χ0) is 23.9. The topological polar surface area (TPSA) is 68.7 Å². The van der Waals surface area contributed by atoms with Gasteiger partial charge in [-0.3, -0.25) is 4.79 Å². The summed E-state index contributed by atoms with van der Waals surface area (Å²) in [6, 6.07) is 13.6. The van der Waals surface area contributed by atoms with E-state index >= 15 is 0 Å². The molecule has 3 heterocycles. The Morgan fingerprint density at radius 1 is 1.09 bits per heavy atom. The molecule has 5 rings (SSSR count). The predicted molar refractivity (Wildman–Crippen MR) is 135 cm³/mol. The first-order valence-electron chi connectivity index (χ1n) is 11.9. The summed E-state index contributed by atoms with van der Waals surface area (Å²) in [5.41, 5.74) is 2.52. The number of piperazine rings is 1. The molecule has 6 nitrogen and oxygen atoms in total. The molecular weight excluding hydrogens is 448 g/mol. The molecule has 0 radical (unpaired) electrons. The first-order chi connectivity index (χ1) is 16.3. The molecule has 2 saturated heterocycles. The van der Waals surface area contributed by atoms with Gasteiger partial charge in [-0.05, 0) is 41.3 Å². The highest BCUT2D eigenvalue weighted by Crippen LogP contribution is 2.50. The zero-order valence-corrected chi connectivity index (χ0v) is 20.4. The number of carbonyl (C=O) groups is 1. The lowest BCUT2D eigenvalue weighted by Crippen LogP contribution is -2.47. The number of rotatable bonds is 4. The van der Waals surface area contributed by atoms with E-state index in [2.05, 4.69) is 15.2 Å². The molecule has 34 heavy (non-hydrogen) atoms. The molecule has 0 saturated carbocycles. The van der Waals surface area contributed by atoms with Crippen molar-refractivity contribution in [1.82, 2.24) is 15.2 Å². The van der Waals surface area contributed by atoms with Crippen LogP contribution in [0.3, 0.4) is 0 Å². The fourth-order valence-electron chi connectivity index (χ4n) is 5.12. The van der Waals surface area contributed by atoms with E-state index in [4.69, 9.17) is 11.6 Å². The van der Waals surface area contributed by atoms with E-state index < -0.39 is 16.4 Å². The average molecular weight is 479 g/mol. The van der Waals surface area contributed by atoms with Crippen LogP contribution in [0.4, 0.5) is 5.82 Å². The van der Waals surface area contributed by atoms with Gasteiger partial charge in [-0.1, -0.05) is 50.3 Å². The number of halogens is 1. The number of aliphatic hydroxyl groups is 1. The summed E-state index contributed by atoms with van der Waals surface area (Å²) in [7, 11) is 0. The number of amides is 1. The van der Waals surface area contributed by atoms with Crippen LogP contribution in [0.15, 0.2) is 66.5 Å². The van der Waals surface area contributed by atoms with Crippen molar-refractivity contribution in [2.75, 3.05) is 37.6 Å². The van der Waals surface area contributed by atoms with E-state index in [1.807, 2.05) is 68.5 Å². The summed E-state index contributed by atoms with van der Waals surface area (Å²) in [4.78, 5) is 20.6. The maximum absolute atomic E-state index is 13.3.